The van der Waals surface area contributed by atoms with Crippen LogP contribution in [0.15, 0.2) is 0 Å². The van der Waals surface area contributed by atoms with Crippen molar-refractivity contribution in [3.63, 3.8) is 0 Å². The highest BCUT2D eigenvalue weighted by Crippen LogP contribution is 2.24. The van der Waals surface area contributed by atoms with E-state index in [4.69, 9.17) is 18.3 Å². The van der Waals surface area contributed by atoms with Gasteiger partial charge in [-0.1, -0.05) is 0 Å². The van der Waals surface area contributed by atoms with E-state index in [1.165, 1.54) is 0 Å². The SMILES string of the molecule is CN(C)CC(O)COCCC[Si](C)(C)O[Si](C)(C)CCCOCC(O)C[N+](C)(C)CC(O)COCCC[Si](C)(C)O.[Cl-]. The van der Waals surface area contributed by atoms with Gasteiger partial charge in [0.2, 0.25) is 0 Å². The van der Waals surface area contributed by atoms with Crippen LogP contribution in [0.2, 0.25) is 57.4 Å². The summed E-state index contributed by atoms with van der Waals surface area (Å²) in [6, 6.07) is 2.84. The number of nitrogens with zero attached hydrogens (tertiary/aromatic N) is 2. The average molecular weight is 680 g/mol. The Hall–Kier alpha value is 0.541. The third-order valence-corrected chi connectivity index (χ3v) is 15.8. The Morgan fingerprint density at radius 1 is 0.643 bits per heavy atom. The molecule has 0 rings (SSSR count). The first-order valence-corrected chi connectivity index (χ1v) is 24.8. The van der Waals surface area contributed by atoms with Gasteiger partial charge in [-0.2, -0.15) is 0 Å². The Bertz CT molecular complexity index is 674. The second kappa shape index (κ2) is 22.1. The lowest BCUT2D eigenvalue weighted by molar-refractivity contribution is -0.896. The molecule has 10 nitrogen and oxygen atoms in total. The summed E-state index contributed by atoms with van der Waals surface area (Å²) in [4.78, 5) is 11.8. The highest BCUT2D eigenvalue weighted by molar-refractivity contribution is 6.84. The first-order chi connectivity index (χ1) is 18.7. The van der Waals surface area contributed by atoms with Crippen LogP contribution in [0.5, 0.6) is 0 Å². The Morgan fingerprint density at radius 2 is 1.00 bits per heavy atom. The molecule has 0 aromatic carbocycles. The zero-order valence-electron chi connectivity index (χ0n) is 28.5. The van der Waals surface area contributed by atoms with Crippen LogP contribution in [0.4, 0.5) is 0 Å². The number of hydrogen-bond acceptors (Lipinski definition) is 9. The van der Waals surface area contributed by atoms with Gasteiger partial charge >= 0.3 is 0 Å². The molecule has 0 aromatic rings. The standard InChI is InChI=1S/C28H67N2O8Si3.ClH/c1-29(2)20-26(31)23-35-15-12-18-40(7,8)38-41(9,10)19-13-16-37-25-28(33)22-30(3,4)21-27(32)24-36-14-11-17-39(5,6)34;/h26-28,31-34H,11-25H2,1-10H3;1H/q+1;/p-1. The molecule has 4 N–H and O–H groups in total. The summed E-state index contributed by atoms with van der Waals surface area (Å²) in [5, 5.41) is 30.8. The maximum absolute atomic E-state index is 10.5. The van der Waals surface area contributed by atoms with Gasteiger partial charge in [0, 0.05) is 26.4 Å². The second-order valence-corrected chi connectivity index (χ2v) is 27.5. The molecule has 14 heteroatoms. The molecule has 3 unspecified atom stereocenters. The first kappa shape index (κ1) is 44.7. The summed E-state index contributed by atoms with van der Waals surface area (Å²) in [6.45, 7) is 17.2. The second-order valence-electron chi connectivity index (χ2n) is 14.5. The molecule has 0 saturated carbocycles. The van der Waals surface area contributed by atoms with E-state index in [1.54, 1.807) is 0 Å². The van der Waals surface area contributed by atoms with Gasteiger partial charge in [-0.3, -0.25) is 0 Å². The minimum atomic E-state index is -2.04. The minimum Gasteiger partial charge on any atom is -1.00 e. The smallest absolute Gasteiger partial charge is 0.182 e. The Labute approximate surface area is 267 Å². The molecule has 0 radical (unpaired) electrons. The maximum Gasteiger partial charge on any atom is 0.182 e. The molecule has 0 heterocycles. The van der Waals surface area contributed by atoms with E-state index in [2.05, 4.69) is 26.2 Å². The number of halogens is 1. The quantitative estimate of drug-likeness (QED) is 0.0548. The number of ether oxygens (including phenoxy) is 3. The number of rotatable bonds is 26. The fourth-order valence-corrected chi connectivity index (χ4v) is 14.9. The van der Waals surface area contributed by atoms with E-state index in [-0.39, 0.29) is 25.6 Å². The van der Waals surface area contributed by atoms with Crippen molar-refractivity contribution in [3.05, 3.63) is 0 Å². The van der Waals surface area contributed by atoms with Crippen molar-refractivity contribution in [3.8, 4) is 0 Å². The van der Waals surface area contributed by atoms with Crippen LogP contribution >= 0.6 is 0 Å². The molecular formula is C28H67ClN2O8Si3. The Kier molecular flexibility index (Phi) is 23.5. The van der Waals surface area contributed by atoms with Gasteiger partial charge < -0.3 is 60.2 Å². The van der Waals surface area contributed by atoms with Crippen LogP contribution < -0.4 is 12.4 Å². The predicted molar refractivity (Wildman–Crippen MR) is 175 cm³/mol. The van der Waals surface area contributed by atoms with Crippen molar-refractivity contribution in [1.82, 2.24) is 4.90 Å². The minimum absolute atomic E-state index is 0. The molecule has 0 fully saturated rings. The summed E-state index contributed by atoms with van der Waals surface area (Å²) in [7, 11) is 2.20. The van der Waals surface area contributed by atoms with Crippen LogP contribution in [-0.2, 0) is 18.3 Å². The van der Waals surface area contributed by atoms with E-state index in [0.717, 1.165) is 37.4 Å². The lowest BCUT2D eigenvalue weighted by atomic mass is 10.2. The monoisotopic (exact) mass is 678 g/mol. The fraction of sp³-hybridized carbons (Fsp3) is 1.00. The van der Waals surface area contributed by atoms with Gasteiger partial charge in [-0.25, -0.2) is 0 Å². The van der Waals surface area contributed by atoms with E-state index in [9.17, 15) is 20.1 Å². The largest absolute Gasteiger partial charge is 1.00 e. The Balaban J connectivity index is 0. The third-order valence-electron chi connectivity index (χ3n) is 6.68. The molecule has 0 bridgehead atoms. The van der Waals surface area contributed by atoms with Crippen molar-refractivity contribution in [2.75, 3.05) is 87.5 Å². The number of quaternary nitrogens is 1. The molecule has 0 amide bonds. The zero-order valence-corrected chi connectivity index (χ0v) is 32.3. The summed E-state index contributed by atoms with van der Waals surface area (Å²) in [5.41, 5.74) is 0. The fourth-order valence-electron chi connectivity index (χ4n) is 5.11. The molecule has 256 valence electrons. The molecule has 0 aliphatic rings. The van der Waals surface area contributed by atoms with Crippen molar-refractivity contribution >= 4 is 25.0 Å². The zero-order chi connectivity index (χ0) is 31.7. The lowest BCUT2D eigenvalue weighted by Gasteiger charge is -2.34. The number of aliphatic hydroxyl groups is 3. The summed E-state index contributed by atoms with van der Waals surface area (Å²) < 4.78 is 24.2. The first-order valence-electron chi connectivity index (χ1n) is 15.4. The highest BCUT2D eigenvalue weighted by Gasteiger charge is 2.32. The average Bonchev–Trinajstić information content (AvgIpc) is 2.75. The molecule has 0 aromatic heterocycles. The molecule has 0 aliphatic heterocycles. The number of aliphatic hydroxyl groups excluding tert-OH is 3. The topological polar surface area (TPSA) is 121 Å². The van der Waals surface area contributed by atoms with Crippen molar-refractivity contribution < 1.29 is 55.3 Å². The molecule has 0 spiro atoms. The van der Waals surface area contributed by atoms with Gasteiger partial charge in [0.15, 0.2) is 25.0 Å². The van der Waals surface area contributed by atoms with E-state index in [1.807, 2.05) is 46.2 Å². The molecule has 42 heavy (non-hydrogen) atoms. The number of hydrogen-bond donors (Lipinski definition) is 4. The third kappa shape index (κ3) is 28.0. The molecular weight excluding hydrogens is 612 g/mol. The van der Waals surface area contributed by atoms with E-state index < -0.39 is 43.3 Å². The van der Waals surface area contributed by atoms with Gasteiger partial charge in [-0.15, -0.1) is 0 Å². The molecule has 0 saturated heterocycles. The van der Waals surface area contributed by atoms with Crippen molar-refractivity contribution in [1.29, 1.82) is 0 Å². The van der Waals surface area contributed by atoms with Crippen LogP contribution in [0.1, 0.15) is 19.3 Å². The number of likely N-dealkylation sites (N-methyl/N-ethyl adjacent to an activating group) is 2. The van der Waals surface area contributed by atoms with Crippen molar-refractivity contribution in [2.24, 2.45) is 0 Å². The van der Waals surface area contributed by atoms with Gasteiger partial charge in [-0.05, 0) is 90.8 Å². The highest BCUT2D eigenvalue weighted by atomic mass is 35.5. The predicted octanol–water partition coefficient (Wildman–Crippen LogP) is -0.445. The Morgan fingerprint density at radius 3 is 1.36 bits per heavy atom. The van der Waals surface area contributed by atoms with Crippen LogP contribution in [0.3, 0.4) is 0 Å². The van der Waals surface area contributed by atoms with E-state index in [0.29, 0.717) is 50.5 Å². The van der Waals surface area contributed by atoms with Gasteiger partial charge in [0.1, 0.15) is 25.3 Å². The van der Waals surface area contributed by atoms with Crippen LogP contribution in [-0.4, -0.2) is 160 Å². The van der Waals surface area contributed by atoms with Crippen LogP contribution in [0.25, 0.3) is 0 Å². The lowest BCUT2D eigenvalue weighted by Crippen LogP contribution is -3.00. The summed E-state index contributed by atoms with van der Waals surface area (Å²) in [6.07, 6.45) is 1.00. The summed E-state index contributed by atoms with van der Waals surface area (Å²) >= 11 is 0. The molecule has 0 aliphatic carbocycles. The normalized spacial score (nSPS) is 15.5. The summed E-state index contributed by atoms with van der Waals surface area (Å²) in [5.74, 6) is 0. The van der Waals surface area contributed by atoms with Gasteiger partial charge in [0.25, 0.3) is 0 Å². The van der Waals surface area contributed by atoms with Gasteiger partial charge in [0.05, 0.1) is 40.0 Å². The van der Waals surface area contributed by atoms with E-state index >= 15 is 0 Å². The maximum atomic E-state index is 10.5. The molecule has 3 atom stereocenters. The van der Waals surface area contributed by atoms with Crippen LogP contribution in [0, 0.1) is 0 Å². The van der Waals surface area contributed by atoms with Crippen molar-refractivity contribution in [2.45, 2.75) is 95.0 Å².